The van der Waals surface area contributed by atoms with E-state index in [1.165, 1.54) is 11.0 Å². The monoisotopic (exact) mass is 395 g/mol. The van der Waals surface area contributed by atoms with Crippen LogP contribution in [0.5, 0.6) is 0 Å². The summed E-state index contributed by atoms with van der Waals surface area (Å²) in [5.74, 6) is -0.471. The van der Waals surface area contributed by atoms with Gasteiger partial charge in [-0.2, -0.15) is 0 Å². The van der Waals surface area contributed by atoms with E-state index in [9.17, 15) is 13.2 Å². The molecule has 1 unspecified atom stereocenters. The van der Waals surface area contributed by atoms with Crippen molar-refractivity contribution in [3.63, 3.8) is 0 Å². The molecule has 0 saturated carbocycles. The number of carbonyl (C=O) groups excluding carboxylic acids is 1. The third-order valence-corrected chi connectivity index (χ3v) is 6.02. The lowest BCUT2D eigenvalue weighted by Crippen LogP contribution is -2.41. The molecule has 0 saturated heterocycles. The lowest BCUT2D eigenvalue weighted by atomic mass is 10.1. The van der Waals surface area contributed by atoms with Crippen LogP contribution in [-0.4, -0.2) is 26.1 Å². The van der Waals surface area contributed by atoms with E-state index in [2.05, 4.69) is 0 Å². The quantitative estimate of drug-likeness (QED) is 0.779. The molecule has 2 aromatic carbocycles. The lowest BCUT2D eigenvalue weighted by Gasteiger charge is -2.28. The largest absolute Gasteiger partial charge is 0.300 e. The Morgan fingerprint density at radius 3 is 2.36 bits per heavy atom. The van der Waals surface area contributed by atoms with Crippen LogP contribution in [0.2, 0.25) is 10.0 Å². The predicted molar refractivity (Wildman–Crippen MR) is 101 cm³/mol. The minimum atomic E-state index is -3.32. The van der Waals surface area contributed by atoms with Crippen LogP contribution < -0.4 is 4.90 Å². The Balaban J connectivity index is 2.05. The zero-order chi connectivity index (χ0) is 18.2. The summed E-state index contributed by atoms with van der Waals surface area (Å²) in [6, 6.07) is 11.1. The summed E-state index contributed by atoms with van der Waals surface area (Å²) in [4.78, 5) is 14.5. The highest BCUT2D eigenvalue weighted by molar-refractivity contribution is 7.94. The molecule has 7 heteroatoms. The first-order valence-electron chi connectivity index (χ1n) is 7.53. The fourth-order valence-electron chi connectivity index (χ4n) is 2.64. The molecule has 0 fully saturated rings. The molecule has 0 N–H and O–H groups in total. The van der Waals surface area contributed by atoms with Gasteiger partial charge >= 0.3 is 0 Å². The van der Waals surface area contributed by atoms with Gasteiger partial charge in [-0.15, -0.1) is 0 Å². The molecular weight excluding hydrogens is 381 g/mol. The molecule has 1 aliphatic heterocycles. The van der Waals surface area contributed by atoms with Gasteiger partial charge in [0, 0.05) is 26.7 Å². The summed E-state index contributed by atoms with van der Waals surface area (Å²) in [6.45, 7) is 1.86. The average molecular weight is 396 g/mol. The molecule has 0 radical (unpaired) electrons. The van der Waals surface area contributed by atoms with Crippen LogP contribution in [0.15, 0.2) is 53.9 Å². The number of sulfone groups is 1. The molecule has 1 atom stereocenters. The van der Waals surface area contributed by atoms with Crippen molar-refractivity contribution in [3.05, 3.63) is 75.1 Å². The normalized spacial score (nSPS) is 18.3. The van der Waals surface area contributed by atoms with Crippen LogP contribution in [0.1, 0.15) is 15.9 Å². The average Bonchev–Trinajstić information content (AvgIpc) is 2.91. The van der Waals surface area contributed by atoms with Gasteiger partial charge in [0.25, 0.3) is 5.91 Å². The summed E-state index contributed by atoms with van der Waals surface area (Å²) in [7, 11) is -3.32. The van der Waals surface area contributed by atoms with Crippen LogP contribution in [-0.2, 0) is 9.84 Å². The van der Waals surface area contributed by atoms with Crippen molar-refractivity contribution in [1.29, 1.82) is 0 Å². The number of hydrogen-bond donors (Lipinski definition) is 0. The fourth-order valence-corrected chi connectivity index (χ4v) is 4.21. The number of aryl methyl sites for hydroxylation is 1. The Morgan fingerprint density at radius 1 is 1.12 bits per heavy atom. The molecule has 0 bridgehead atoms. The van der Waals surface area contributed by atoms with E-state index in [-0.39, 0.29) is 11.7 Å². The Bertz CT molecular complexity index is 953. The van der Waals surface area contributed by atoms with Crippen LogP contribution in [0.25, 0.3) is 0 Å². The minimum absolute atomic E-state index is 0.155. The summed E-state index contributed by atoms with van der Waals surface area (Å²) in [6.07, 6.45) is 1.52. The third kappa shape index (κ3) is 3.89. The number of amides is 1. The maximum absolute atomic E-state index is 13.1. The van der Waals surface area contributed by atoms with Gasteiger partial charge in [-0.1, -0.05) is 29.3 Å². The van der Waals surface area contributed by atoms with Crippen molar-refractivity contribution >= 4 is 44.6 Å². The van der Waals surface area contributed by atoms with Gasteiger partial charge in [0.1, 0.15) is 0 Å². The van der Waals surface area contributed by atoms with E-state index < -0.39 is 15.9 Å². The number of hydrogen-bond acceptors (Lipinski definition) is 3. The maximum atomic E-state index is 13.1. The predicted octanol–water partition coefficient (Wildman–Crippen LogP) is 4.26. The Morgan fingerprint density at radius 2 is 1.80 bits per heavy atom. The number of carbonyl (C=O) groups is 1. The second kappa shape index (κ2) is 6.83. The first kappa shape index (κ1) is 18.0. The van der Waals surface area contributed by atoms with E-state index >= 15 is 0 Å². The Kier molecular flexibility index (Phi) is 4.91. The van der Waals surface area contributed by atoms with Crippen molar-refractivity contribution in [3.8, 4) is 0 Å². The molecule has 1 aliphatic rings. The minimum Gasteiger partial charge on any atom is -0.300 e. The van der Waals surface area contributed by atoms with Gasteiger partial charge in [-0.25, -0.2) is 8.42 Å². The SMILES string of the molecule is Cc1ccc(N(C(=O)c2ccc(Cl)cc2)C2C=CS(=O)(=O)C2)cc1Cl. The summed E-state index contributed by atoms with van der Waals surface area (Å²) in [5.41, 5.74) is 1.83. The van der Waals surface area contributed by atoms with Crippen molar-refractivity contribution < 1.29 is 13.2 Å². The fraction of sp³-hybridized carbons (Fsp3) is 0.167. The van der Waals surface area contributed by atoms with E-state index in [0.29, 0.717) is 21.3 Å². The molecule has 2 aromatic rings. The smallest absolute Gasteiger partial charge is 0.258 e. The van der Waals surface area contributed by atoms with Crippen molar-refractivity contribution in [2.24, 2.45) is 0 Å². The molecule has 3 rings (SSSR count). The number of rotatable bonds is 3. The van der Waals surface area contributed by atoms with Crippen LogP contribution in [0, 0.1) is 6.92 Å². The summed E-state index contributed by atoms with van der Waals surface area (Å²) >= 11 is 12.1. The van der Waals surface area contributed by atoms with Gasteiger partial charge in [-0.3, -0.25) is 4.79 Å². The molecule has 0 aliphatic carbocycles. The molecule has 4 nitrogen and oxygen atoms in total. The molecule has 1 amide bonds. The first-order valence-corrected chi connectivity index (χ1v) is 10.0. The van der Waals surface area contributed by atoms with Crippen LogP contribution in [0.3, 0.4) is 0 Å². The highest BCUT2D eigenvalue weighted by atomic mass is 35.5. The zero-order valence-corrected chi connectivity index (χ0v) is 15.6. The third-order valence-electron chi connectivity index (χ3n) is 3.99. The number of benzene rings is 2. The van der Waals surface area contributed by atoms with Gasteiger partial charge < -0.3 is 4.90 Å². The molecule has 130 valence electrons. The van der Waals surface area contributed by atoms with Crippen LogP contribution >= 0.6 is 23.2 Å². The molecule has 0 spiro atoms. The summed E-state index contributed by atoms with van der Waals surface area (Å²) in [5, 5.41) is 2.18. The standard InChI is InChI=1S/C18H15Cl2NO3S/c1-12-2-7-15(10-17(12)20)21(16-8-9-25(23,24)11-16)18(22)13-3-5-14(19)6-4-13/h2-10,16H,11H2,1H3. The van der Waals surface area contributed by atoms with Gasteiger partial charge in [0.15, 0.2) is 9.84 Å². The number of halogens is 2. The highest BCUT2D eigenvalue weighted by Crippen LogP contribution is 2.29. The van der Waals surface area contributed by atoms with E-state index in [4.69, 9.17) is 23.2 Å². The topological polar surface area (TPSA) is 54.5 Å². The molecule has 1 heterocycles. The Hall–Kier alpha value is -1.82. The van der Waals surface area contributed by atoms with Crippen LogP contribution in [0.4, 0.5) is 5.69 Å². The van der Waals surface area contributed by atoms with Gasteiger partial charge in [-0.05, 0) is 55.0 Å². The van der Waals surface area contributed by atoms with E-state index in [0.717, 1.165) is 11.0 Å². The molecular formula is C18H15Cl2NO3S. The van der Waals surface area contributed by atoms with Gasteiger partial charge in [0.05, 0.1) is 11.8 Å². The number of anilines is 1. The van der Waals surface area contributed by atoms with Crippen molar-refractivity contribution in [2.45, 2.75) is 13.0 Å². The maximum Gasteiger partial charge on any atom is 0.258 e. The number of nitrogens with zero attached hydrogens (tertiary/aromatic N) is 1. The highest BCUT2D eigenvalue weighted by Gasteiger charge is 2.32. The first-order chi connectivity index (χ1) is 11.8. The van der Waals surface area contributed by atoms with E-state index in [1.807, 2.05) is 6.92 Å². The van der Waals surface area contributed by atoms with Crippen molar-refractivity contribution in [2.75, 3.05) is 10.7 Å². The summed E-state index contributed by atoms with van der Waals surface area (Å²) < 4.78 is 23.7. The lowest BCUT2D eigenvalue weighted by molar-refractivity contribution is 0.0983. The zero-order valence-electron chi connectivity index (χ0n) is 13.3. The second-order valence-electron chi connectivity index (χ2n) is 5.84. The Labute approximate surface area is 156 Å². The van der Waals surface area contributed by atoms with Crippen molar-refractivity contribution in [1.82, 2.24) is 0 Å². The van der Waals surface area contributed by atoms with Gasteiger partial charge in [0.2, 0.25) is 0 Å². The van der Waals surface area contributed by atoms with E-state index in [1.54, 1.807) is 42.5 Å². The molecule has 25 heavy (non-hydrogen) atoms. The second-order valence-corrected chi connectivity index (χ2v) is 8.62. The molecule has 0 aromatic heterocycles.